The van der Waals surface area contributed by atoms with Crippen LogP contribution in [0.2, 0.25) is 0 Å². The second-order valence-electron chi connectivity index (χ2n) is 7.96. The number of nitrogens with zero attached hydrogens (tertiary/aromatic N) is 1. The Labute approximate surface area is 184 Å². The smallest absolute Gasteiger partial charge is 0.337 e. The number of hydrogen-bond acceptors (Lipinski definition) is 3. The SMILES string of the molecule is COC(=O)c1ccc([C@H]2CC(=O)Nc3cccc4c3c2cn4Cc2cccc(F)c2)cc1. The van der Waals surface area contributed by atoms with Gasteiger partial charge >= 0.3 is 5.97 Å². The van der Waals surface area contributed by atoms with E-state index in [9.17, 15) is 14.0 Å². The molecule has 0 aliphatic carbocycles. The van der Waals surface area contributed by atoms with E-state index in [0.717, 1.165) is 33.3 Å². The van der Waals surface area contributed by atoms with Gasteiger partial charge in [0.1, 0.15) is 5.82 Å². The second-order valence-corrected chi connectivity index (χ2v) is 7.96. The Balaban J connectivity index is 1.62. The van der Waals surface area contributed by atoms with Crippen molar-refractivity contribution in [3.05, 3.63) is 101 Å². The predicted octanol–water partition coefficient (Wildman–Crippen LogP) is 5.09. The zero-order chi connectivity index (χ0) is 22.2. The number of ether oxygens (including phenoxy) is 1. The molecular formula is C26H21FN2O3. The van der Waals surface area contributed by atoms with Gasteiger partial charge in [-0.15, -0.1) is 0 Å². The topological polar surface area (TPSA) is 60.3 Å². The normalized spacial score (nSPS) is 15.3. The van der Waals surface area contributed by atoms with E-state index in [0.29, 0.717) is 12.1 Å². The van der Waals surface area contributed by atoms with Gasteiger partial charge in [-0.3, -0.25) is 4.79 Å². The Bertz CT molecular complexity index is 1340. The summed E-state index contributed by atoms with van der Waals surface area (Å²) in [5, 5.41) is 4.01. The maximum absolute atomic E-state index is 13.7. The average molecular weight is 428 g/mol. The summed E-state index contributed by atoms with van der Waals surface area (Å²) in [5.41, 5.74) is 5.03. The second kappa shape index (κ2) is 7.96. The first-order valence-corrected chi connectivity index (χ1v) is 10.4. The highest BCUT2D eigenvalue weighted by Gasteiger charge is 2.28. The van der Waals surface area contributed by atoms with Crippen LogP contribution in [0, 0.1) is 5.82 Å². The van der Waals surface area contributed by atoms with Crippen LogP contribution in [0.5, 0.6) is 0 Å². The number of amides is 1. The lowest BCUT2D eigenvalue weighted by atomic mass is 9.88. The molecule has 1 amide bonds. The van der Waals surface area contributed by atoms with Crippen LogP contribution in [0.1, 0.15) is 39.4 Å². The van der Waals surface area contributed by atoms with Crippen molar-refractivity contribution in [3.63, 3.8) is 0 Å². The summed E-state index contributed by atoms with van der Waals surface area (Å²) in [6.07, 6.45) is 2.34. The summed E-state index contributed by atoms with van der Waals surface area (Å²) in [6.45, 7) is 0.514. The molecule has 0 saturated carbocycles. The van der Waals surface area contributed by atoms with E-state index >= 15 is 0 Å². The van der Waals surface area contributed by atoms with Crippen LogP contribution >= 0.6 is 0 Å². The molecule has 0 saturated heterocycles. The van der Waals surface area contributed by atoms with Gasteiger partial charge in [0.2, 0.25) is 5.91 Å². The van der Waals surface area contributed by atoms with E-state index in [1.165, 1.54) is 19.2 Å². The van der Waals surface area contributed by atoms with Crippen molar-refractivity contribution in [1.82, 2.24) is 4.57 Å². The van der Waals surface area contributed by atoms with E-state index in [1.807, 2.05) is 36.4 Å². The van der Waals surface area contributed by atoms with E-state index in [1.54, 1.807) is 18.2 Å². The predicted molar refractivity (Wildman–Crippen MR) is 120 cm³/mol. The molecule has 3 aromatic carbocycles. The molecule has 2 heterocycles. The highest BCUT2D eigenvalue weighted by molar-refractivity contribution is 6.06. The fourth-order valence-electron chi connectivity index (χ4n) is 4.48. The molecule has 1 aromatic heterocycles. The number of carbonyl (C=O) groups is 2. The molecule has 4 aromatic rings. The number of carbonyl (C=O) groups excluding carboxylic acids is 2. The molecule has 0 spiro atoms. The molecule has 32 heavy (non-hydrogen) atoms. The first kappa shape index (κ1) is 20.0. The third kappa shape index (κ3) is 3.54. The van der Waals surface area contributed by atoms with Crippen LogP contribution in [0.15, 0.2) is 72.9 Å². The van der Waals surface area contributed by atoms with Crippen LogP contribution < -0.4 is 5.32 Å². The number of nitrogens with one attached hydrogen (secondary N) is 1. The van der Waals surface area contributed by atoms with E-state index in [-0.39, 0.29) is 24.1 Å². The van der Waals surface area contributed by atoms with Gasteiger partial charge in [0, 0.05) is 30.5 Å². The van der Waals surface area contributed by atoms with Crippen molar-refractivity contribution in [2.24, 2.45) is 0 Å². The highest BCUT2D eigenvalue weighted by atomic mass is 19.1. The first-order chi connectivity index (χ1) is 15.5. The number of rotatable bonds is 4. The average Bonchev–Trinajstić information content (AvgIpc) is 3.08. The number of benzene rings is 3. The van der Waals surface area contributed by atoms with Crippen molar-refractivity contribution in [2.45, 2.75) is 18.9 Å². The van der Waals surface area contributed by atoms with Crippen LogP contribution in [0.25, 0.3) is 10.9 Å². The van der Waals surface area contributed by atoms with Crippen LogP contribution in [-0.2, 0) is 16.1 Å². The standard InChI is InChI=1S/C26H21FN2O3/c1-32-26(31)18-10-8-17(9-11-18)20-13-24(30)28-22-6-3-7-23-25(22)21(20)15-29(23)14-16-4-2-5-19(27)12-16/h2-12,15,20H,13-14H2,1H3,(H,28,30)/t20-/m1/s1. The summed E-state index contributed by atoms with van der Waals surface area (Å²) < 4.78 is 20.6. The number of aromatic nitrogens is 1. The molecule has 0 unspecified atom stereocenters. The summed E-state index contributed by atoms with van der Waals surface area (Å²) in [7, 11) is 1.35. The number of hydrogen-bond donors (Lipinski definition) is 1. The van der Waals surface area contributed by atoms with Gasteiger partial charge in [0.25, 0.3) is 0 Å². The quantitative estimate of drug-likeness (QED) is 0.461. The van der Waals surface area contributed by atoms with Gasteiger partial charge in [-0.25, -0.2) is 9.18 Å². The molecule has 1 aliphatic rings. The maximum Gasteiger partial charge on any atom is 0.337 e. The van der Waals surface area contributed by atoms with Gasteiger partial charge in [0.15, 0.2) is 0 Å². The fourth-order valence-corrected chi connectivity index (χ4v) is 4.48. The molecule has 5 nitrogen and oxygen atoms in total. The molecule has 0 fully saturated rings. The summed E-state index contributed by atoms with van der Waals surface area (Å²) >= 11 is 0. The third-order valence-electron chi connectivity index (χ3n) is 5.95. The van der Waals surface area contributed by atoms with Gasteiger partial charge in [-0.1, -0.05) is 30.3 Å². The Morgan fingerprint density at radius 1 is 1.12 bits per heavy atom. The van der Waals surface area contributed by atoms with Crippen LogP contribution in [0.3, 0.4) is 0 Å². The zero-order valence-corrected chi connectivity index (χ0v) is 17.5. The van der Waals surface area contributed by atoms with Gasteiger partial charge in [-0.2, -0.15) is 0 Å². The monoisotopic (exact) mass is 428 g/mol. The number of methoxy groups -OCH3 is 1. The largest absolute Gasteiger partial charge is 0.465 e. The Hall–Kier alpha value is -3.93. The van der Waals surface area contributed by atoms with Crippen LogP contribution in [-0.4, -0.2) is 23.6 Å². The Morgan fingerprint density at radius 2 is 1.91 bits per heavy atom. The van der Waals surface area contributed by atoms with E-state index < -0.39 is 5.97 Å². The van der Waals surface area contributed by atoms with E-state index in [2.05, 4.69) is 16.1 Å². The molecule has 0 radical (unpaired) electrons. The summed E-state index contributed by atoms with van der Waals surface area (Å²) in [4.78, 5) is 24.5. The molecule has 1 atom stereocenters. The lowest BCUT2D eigenvalue weighted by Gasteiger charge is -2.15. The molecule has 1 N–H and O–H groups in total. The van der Waals surface area contributed by atoms with Crippen molar-refractivity contribution in [1.29, 1.82) is 0 Å². The van der Waals surface area contributed by atoms with Gasteiger partial charge < -0.3 is 14.6 Å². The molecule has 0 bridgehead atoms. The number of anilines is 1. The minimum absolute atomic E-state index is 0.0626. The minimum Gasteiger partial charge on any atom is -0.465 e. The molecular weight excluding hydrogens is 407 g/mol. The third-order valence-corrected chi connectivity index (χ3v) is 5.95. The molecule has 1 aliphatic heterocycles. The molecule has 5 rings (SSSR count). The van der Waals surface area contributed by atoms with Crippen molar-refractivity contribution in [3.8, 4) is 0 Å². The lowest BCUT2D eigenvalue weighted by Crippen LogP contribution is -2.14. The zero-order valence-electron chi connectivity index (χ0n) is 17.5. The Morgan fingerprint density at radius 3 is 2.66 bits per heavy atom. The molecule has 160 valence electrons. The fraction of sp³-hybridized carbons (Fsp3) is 0.154. The highest BCUT2D eigenvalue weighted by Crippen LogP contribution is 2.41. The first-order valence-electron chi connectivity index (χ1n) is 10.4. The van der Waals surface area contributed by atoms with Gasteiger partial charge in [0.05, 0.1) is 23.9 Å². The Kier molecular flexibility index (Phi) is 4.98. The lowest BCUT2D eigenvalue weighted by molar-refractivity contribution is -0.116. The maximum atomic E-state index is 13.7. The molecule has 6 heteroatoms. The van der Waals surface area contributed by atoms with Crippen molar-refractivity contribution in [2.75, 3.05) is 12.4 Å². The van der Waals surface area contributed by atoms with Crippen molar-refractivity contribution < 1.29 is 18.7 Å². The van der Waals surface area contributed by atoms with Crippen molar-refractivity contribution >= 4 is 28.5 Å². The summed E-state index contributed by atoms with van der Waals surface area (Å²) in [5.74, 6) is -0.907. The van der Waals surface area contributed by atoms with E-state index in [4.69, 9.17) is 4.74 Å². The summed E-state index contributed by atoms with van der Waals surface area (Å²) in [6, 6.07) is 19.6. The van der Waals surface area contributed by atoms with Gasteiger partial charge in [-0.05, 0) is 53.1 Å². The number of halogens is 1. The number of esters is 1. The van der Waals surface area contributed by atoms with Crippen LogP contribution in [0.4, 0.5) is 10.1 Å². The minimum atomic E-state index is -0.399.